The van der Waals surface area contributed by atoms with Crippen LogP contribution in [0.15, 0.2) is 42.5 Å². The van der Waals surface area contributed by atoms with Crippen LogP contribution in [0, 0.1) is 5.92 Å². The molecule has 2 heterocycles. The summed E-state index contributed by atoms with van der Waals surface area (Å²) in [5.74, 6) is -2.14. The molecular weight excluding hydrogens is 427 g/mol. The van der Waals surface area contributed by atoms with E-state index in [1.807, 2.05) is 6.07 Å². The summed E-state index contributed by atoms with van der Waals surface area (Å²) in [5.41, 5.74) is 2.25. The van der Waals surface area contributed by atoms with E-state index in [0.29, 0.717) is 18.7 Å². The van der Waals surface area contributed by atoms with Crippen molar-refractivity contribution in [1.29, 1.82) is 0 Å². The molecule has 0 saturated carbocycles. The van der Waals surface area contributed by atoms with E-state index in [1.54, 1.807) is 17.0 Å². The largest absolute Gasteiger partial charge is 0.573 e. The monoisotopic (exact) mass is 447 g/mol. The van der Waals surface area contributed by atoms with Crippen LogP contribution in [-0.2, 0) is 20.8 Å². The maximum atomic E-state index is 12.7. The number of nitrogens with zero attached hydrogens (tertiary/aromatic N) is 2. The van der Waals surface area contributed by atoms with Crippen molar-refractivity contribution >= 4 is 34.8 Å². The van der Waals surface area contributed by atoms with Gasteiger partial charge in [-0.3, -0.25) is 14.4 Å². The van der Waals surface area contributed by atoms with E-state index in [0.717, 1.165) is 17.3 Å². The number of nitrogens with one attached hydrogen (secondary N) is 1. The molecule has 0 aromatic heterocycles. The molecule has 7 nitrogen and oxygen atoms in total. The molecule has 32 heavy (non-hydrogen) atoms. The lowest BCUT2D eigenvalue weighted by Gasteiger charge is -2.19. The topological polar surface area (TPSA) is 79.0 Å². The number of benzene rings is 2. The Bertz CT molecular complexity index is 1090. The van der Waals surface area contributed by atoms with Crippen LogP contribution < -0.4 is 19.9 Å². The van der Waals surface area contributed by atoms with Crippen LogP contribution in [0.2, 0.25) is 0 Å². The van der Waals surface area contributed by atoms with Gasteiger partial charge in [-0.2, -0.15) is 0 Å². The van der Waals surface area contributed by atoms with Gasteiger partial charge in [0, 0.05) is 37.8 Å². The van der Waals surface area contributed by atoms with Gasteiger partial charge in [-0.15, -0.1) is 13.2 Å². The van der Waals surface area contributed by atoms with Gasteiger partial charge >= 0.3 is 6.36 Å². The lowest BCUT2D eigenvalue weighted by Crippen LogP contribution is -2.28. The predicted octanol–water partition coefficient (Wildman–Crippen LogP) is 3.49. The number of alkyl halides is 3. The molecule has 1 saturated heterocycles. The van der Waals surface area contributed by atoms with Gasteiger partial charge in [0.15, 0.2) is 5.75 Å². The van der Waals surface area contributed by atoms with Crippen LogP contribution in [0.1, 0.15) is 18.9 Å². The zero-order valence-electron chi connectivity index (χ0n) is 17.1. The number of amides is 3. The molecule has 168 valence electrons. The van der Waals surface area contributed by atoms with Crippen LogP contribution in [0.4, 0.5) is 30.2 Å². The molecule has 2 aliphatic heterocycles. The van der Waals surface area contributed by atoms with Crippen LogP contribution in [0.3, 0.4) is 0 Å². The highest BCUT2D eigenvalue weighted by Gasteiger charge is 2.37. The Kier molecular flexibility index (Phi) is 5.53. The number of halogens is 3. The second-order valence-electron chi connectivity index (χ2n) is 7.67. The minimum absolute atomic E-state index is 0.0553. The molecule has 4 rings (SSSR count). The van der Waals surface area contributed by atoms with Crippen molar-refractivity contribution in [3.8, 4) is 5.75 Å². The summed E-state index contributed by atoms with van der Waals surface area (Å²) < 4.78 is 41.8. The number of carbonyl (C=O) groups excluding carboxylic acids is 3. The van der Waals surface area contributed by atoms with E-state index < -0.39 is 23.9 Å². The van der Waals surface area contributed by atoms with Gasteiger partial charge in [0.05, 0.1) is 11.6 Å². The summed E-state index contributed by atoms with van der Waals surface area (Å²) in [6.07, 6.45) is -4.29. The standard InChI is InChI=1S/C22H20F3N3O4/c1-13(29)27-9-8-14-10-16(6-7-18(14)27)28-12-15(11-20(28)30)21(31)26-17-4-2-3-5-19(17)32-22(23,24)25/h2-7,10,15H,8-9,11-12H2,1H3,(H,26,31). The lowest BCUT2D eigenvalue weighted by atomic mass is 10.1. The number of ether oxygens (including phenoxy) is 1. The highest BCUT2D eigenvalue weighted by atomic mass is 19.4. The third-order valence-corrected chi connectivity index (χ3v) is 5.52. The first-order valence-electron chi connectivity index (χ1n) is 9.99. The van der Waals surface area contributed by atoms with Gasteiger partial charge < -0.3 is 19.9 Å². The Labute approximate surface area is 181 Å². The first-order valence-corrected chi connectivity index (χ1v) is 9.99. The highest BCUT2D eigenvalue weighted by molar-refractivity contribution is 6.04. The molecule has 3 amide bonds. The summed E-state index contributed by atoms with van der Waals surface area (Å²) in [7, 11) is 0. The van der Waals surface area contributed by atoms with Crippen LogP contribution in [0.5, 0.6) is 5.75 Å². The average molecular weight is 447 g/mol. The molecule has 1 fully saturated rings. The number of anilines is 3. The van der Waals surface area contributed by atoms with Crippen molar-refractivity contribution in [2.75, 3.05) is 28.2 Å². The van der Waals surface area contributed by atoms with E-state index in [9.17, 15) is 27.6 Å². The van der Waals surface area contributed by atoms with E-state index in [-0.39, 0.29) is 30.5 Å². The molecule has 0 bridgehead atoms. The molecule has 2 aliphatic rings. The van der Waals surface area contributed by atoms with Crippen molar-refractivity contribution in [3.05, 3.63) is 48.0 Å². The van der Waals surface area contributed by atoms with Gasteiger partial charge in [0.2, 0.25) is 17.7 Å². The Morgan fingerprint density at radius 3 is 2.62 bits per heavy atom. The van der Waals surface area contributed by atoms with Crippen molar-refractivity contribution in [2.45, 2.75) is 26.1 Å². The zero-order valence-corrected chi connectivity index (χ0v) is 17.1. The van der Waals surface area contributed by atoms with E-state index in [1.165, 1.54) is 30.0 Å². The number of carbonyl (C=O) groups is 3. The number of rotatable bonds is 4. The summed E-state index contributed by atoms with van der Waals surface area (Å²) in [6, 6.07) is 10.6. The van der Waals surface area contributed by atoms with Crippen LogP contribution in [0.25, 0.3) is 0 Å². The second-order valence-corrected chi connectivity index (χ2v) is 7.67. The average Bonchev–Trinajstić information content (AvgIpc) is 3.31. The van der Waals surface area contributed by atoms with Gasteiger partial charge in [0.1, 0.15) is 0 Å². The second kappa shape index (κ2) is 8.18. The summed E-state index contributed by atoms with van der Waals surface area (Å²) in [5, 5.41) is 2.44. The quantitative estimate of drug-likeness (QED) is 0.779. The number of hydrogen-bond acceptors (Lipinski definition) is 4. The van der Waals surface area contributed by atoms with Crippen LogP contribution in [-0.4, -0.2) is 37.2 Å². The summed E-state index contributed by atoms with van der Waals surface area (Å²) >= 11 is 0. The maximum Gasteiger partial charge on any atom is 0.573 e. The molecule has 1 unspecified atom stereocenters. The molecular formula is C22H20F3N3O4. The summed E-state index contributed by atoms with van der Waals surface area (Å²) in [6.45, 7) is 2.17. The SMILES string of the molecule is CC(=O)N1CCc2cc(N3CC(C(=O)Nc4ccccc4OC(F)(F)F)CC3=O)ccc21. The summed E-state index contributed by atoms with van der Waals surface area (Å²) in [4.78, 5) is 40.1. The van der Waals surface area contributed by atoms with Crippen molar-refractivity contribution in [2.24, 2.45) is 5.92 Å². The van der Waals surface area contributed by atoms with Crippen molar-refractivity contribution < 1.29 is 32.3 Å². The Morgan fingerprint density at radius 2 is 1.91 bits per heavy atom. The first kappa shape index (κ1) is 21.7. The van der Waals surface area contributed by atoms with E-state index in [2.05, 4.69) is 10.1 Å². The molecule has 1 atom stereocenters. The van der Waals surface area contributed by atoms with Gasteiger partial charge in [0.25, 0.3) is 0 Å². The molecule has 1 N–H and O–H groups in total. The molecule has 0 spiro atoms. The fraction of sp³-hybridized carbons (Fsp3) is 0.318. The fourth-order valence-corrected chi connectivity index (χ4v) is 4.03. The maximum absolute atomic E-state index is 12.7. The Morgan fingerprint density at radius 1 is 1.16 bits per heavy atom. The van der Waals surface area contributed by atoms with Crippen LogP contribution >= 0.6 is 0 Å². The van der Waals surface area contributed by atoms with Gasteiger partial charge in [-0.25, -0.2) is 0 Å². The van der Waals surface area contributed by atoms with Gasteiger partial charge in [-0.05, 0) is 42.3 Å². The number of hydrogen-bond donors (Lipinski definition) is 1. The molecule has 0 radical (unpaired) electrons. The zero-order chi connectivity index (χ0) is 23.0. The molecule has 2 aromatic carbocycles. The van der Waals surface area contributed by atoms with E-state index in [4.69, 9.17) is 0 Å². The normalized spacial score (nSPS) is 18.0. The van der Waals surface area contributed by atoms with Crippen molar-refractivity contribution in [3.63, 3.8) is 0 Å². The fourth-order valence-electron chi connectivity index (χ4n) is 4.03. The molecule has 10 heteroatoms. The first-order chi connectivity index (χ1) is 15.1. The highest BCUT2D eigenvalue weighted by Crippen LogP contribution is 2.35. The minimum atomic E-state index is -4.90. The minimum Gasteiger partial charge on any atom is -0.404 e. The molecule has 2 aromatic rings. The van der Waals surface area contributed by atoms with Crippen molar-refractivity contribution in [1.82, 2.24) is 0 Å². The molecule has 0 aliphatic carbocycles. The lowest BCUT2D eigenvalue weighted by molar-refractivity contribution is -0.274. The smallest absolute Gasteiger partial charge is 0.404 e. The third kappa shape index (κ3) is 4.39. The van der Waals surface area contributed by atoms with Gasteiger partial charge in [-0.1, -0.05) is 12.1 Å². The Hall–Kier alpha value is -3.56. The Balaban J connectivity index is 1.47. The third-order valence-electron chi connectivity index (χ3n) is 5.52. The number of para-hydroxylation sites is 2. The predicted molar refractivity (Wildman–Crippen MR) is 110 cm³/mol. The van der Waals surface area contributed by atoms with E-state index >= 15 is 0 Å². The number of fused-ring (bicyclic) bond motifs is 1.